The normalized spacial score (nSPS) is 16.5. The number of carboxylic acid groups (broad SMARTS) is 3. The summed E-state index contributed by atoms with van der Waals surface area (Å²) in [5.74, 6) is -1.01. The van der Waals surface area contributed by atoms with Crippen molar-refractivity contribution in [3.05, 3.63) is 0 Å². The van der Waals surface area contributed by atoms with E-state index in [9.17, 15) is 29.7 Å². The molecule has 7 heteroatoms. The summed E-state index contributed by atoms with van der Waals surface area (Å²) in [6.45, 7) is 5.73. The molecule has 1 aliphatic rings. The van der Waals surface area contributed by atoms with Gasteiger partial charge in [-0.1, -0.05) is 19.8 Å². The van der Waals surface area contributed by atoms with Crippen molar-refractivity contribution < 1.29 is 29.7 Å². The summed E-state index contributed by atoms with van der Waals surface area (Å²) < 4.78 is 0. The van der Waals surface area contributed by atoms with E-state index in [-0.39, 0.29) is 12.3 Å². The zero-order valence-corrected chi connectivity index (χ0v) is 14.1. The molecular formula is C17H25NO6. The Kier molecular flexibility index (Phi) is 7.23. The van der Waals surface area contributed by atoms with Crippen LogP contribution in [0.1, 0.15) is 39.5 Å². The monoisotopic (exact) mass is 339 g/mol. The van der Waals surface area contributed by atoms with Gasteiger partial charge in [0.2, 0.25) is 0 Å². The first-order valence-electron chi connectivity index (χ1n) is 8.09. The Balaban J connectivity index is 3.04. The first-order valence-corrected chi connectivity index (χ1v) is 8.09. The molecule has 1 saturated heterocycles. The Labute approximate surface area is 141 Å². The zero-order chi connectivity index (χ0) is 18.3. The third kappa shape index (κ3) is 4.71. The Morgan fingerprint density at radius 1 is 1.04 bits per heavy atom. The number of likely N-dealkylation sites (tertiary alicyclic amines) is 1. The highest BCUT2D eigenvalue weighted by Gasteiger charge is 2.55. The molecule has 0 bridgehead atoms. The second kappa shape index (κ2) is 8.69. The molecule has 1 fully saturated rings. The van der Waals surface area contributed by atoms with E-state index in [4.69, 9.17) is 0 Å². The van der Waals surface area contributed by atoms with E-state index >= 15 is 0 Å². The Morgan fingerprint density at radius 3 is 2.00 bits per heavy atom. The van der Waals surface area contributed by atoms with Crippen LogP contribution in [-0.2, 0) is 14.4 Å². The van der Waals surface area contributed by atoms with Gasteiger partial charge in [-0.15, -0.1) is 5.92 Å². The van der Waals surface area contributed by atoms with Crippen LogP contribution in [0.5, 0.6) is 0 Å². The van der Waals surface area contributed by atoms with E-state index in [2.05, 4.69) is 16.7 Å². The molecule has 24 heavy (non-hydrogen) atoms. The first kappa shape index (κ1) is 20.0. The molecule has 1 unspecified atom stereocenters. The average molecular weight is 339 g/mol. The smallest absolute Gasteiger partial charge is 0.322 e. The van der Waals surface area contributed by atoms with E-state index in [1.54, 1.807) is 13.8 Å². The fourth-order valence-electron chi connectivity index (χ4n) is 2.96. The molecule has 1 aliphatic heterocycles. The fourth-order valence-corrected chi connectivity index (χ4v) is 2.96. The van der Waals surface area contributed by atoms with Crippen molar-refractivity contribution in [3.63, 3.8) is 0 Å². The highest BCUT2D eigenvalue weighted by atomic mass is 16.4. The predicted octanol–water partition coefficient (Wildman–Crippen LogP) is 1.38. The van der Waals surface area contributed by atoms with Crippen molar-refractivity contribution in [1.29, 1.82) is 0 Å². The third-order valence-corrected chi connectivity index (χ3v) is 4.36. The van der Waals surface area contributed by atoms with E-state index in [1.807, 2.05) is 0 Å². The quantitative estimate of drug-likeness (QED) is 0.452. The van der Waals surface area contributed by atoms with Crippen molar-refractivity contribution in [1.82, 2.24) is 4.90 Å². The van der Waals surface area contributed by atoms with Crippen molar-refractivity contribution in [2.24, 2.45) is 17.3 Å². The molecule has 0 amide bonds. The zero-order valence-electron chi connectivity index (χ0n) is 14.1. The predicted molar refractivity (Wildman–Crippen MR) is 86.4 cm³/mol. The Bertz CT molecular complexity index is 525. The first-order chi connectivity index (χ1) is 11.2. The summed E-state index contributed by atoms with van der Waals surface area (Å²) in [4.78, 5) is 37.1. The van der Waals surface area contributed by atoms with Crippen LogP contribution in [0.2, 0.25) is 0 Å². The number of aliphatic carboxylic acids is 3. The van der Waals surface area contributed by atoms with Crippen LogP contribution in [0, 0.1) is 29.1 Å². The van der Waals surface area contributed by atoms with Crippen molar-refractivity contribution in [2.45, 2.75) is 39.5 Å². The van der Waals surface area contributed by atoms with E-state index in [0.29, 0.717) is 6.54 Å². The van der Waals surface area contributed by atoms with Gasteiger partial charge in [-0.2, -0.15) is 0 Å². The van der Waals surface area contributed by atoms with Crippen LogP contribution < -0.4 is 0 Å². The lowest BCUT2D eigenvalue weighted by atomic mass is 9.69. The Hall–Kier alpha value is -2.07. The van der Waals surface area contributed by atoms with Crippen LogP contribution in [0.25, 0.3) is 0 Å². The van der Waals surface area contributed by atoms with Gasteiger partial charge in [0.25, 0.3) is 0 Å². The largest absolute Gasteiger partial charge is 0.481 e. The molecule has 0 spiro atoms. The van der Waals surface area contributed by atoms with Crippen molar-refractivity contribution >= 4 is 17.9 Å². The minimum atomic E-state index is -2.44. The van der Waals surface area contributed by atoms with Crippen LogP contribution in [0.4, 0.5) is 0 Å². The lowest BCUT2D eigenvalue weighted by Gasteiger charge is -2.30. The summed E-state index contributed by atoms with van der Waals surface area (Å²) in [6, 6.07) is 0. The van der Waals surface area contributed by atoms with Crippen LogP contribution in [0.15, 0.2) is 0 Å². The molecule has 3 N–H and O–H groups in total. The summed E-state index contributed by atoms with van der Waals surface area (Å²) in [7, 11) is 0. The summed E-state index contributed by atoms with van der Waals surface area (Å²) in [5.41, 5.74) is -2.44. The molecule has 0 radical (unpaired) electrons. The minimum Gasteiger partial charge on any atom is -0.481 e. The van der Waals surface area contributed by atoms with E-state index < -0.39 is 35.7 Å². The van der Waals surface area contributed by atoms with Gasteiger partial charge in [-0.25, -0.2) is 0 Å². The van der Waals surface area contributed by atoms with E-state index in [0.717, 1.165) is 25.9 Å². The van der Waals surface area contributed by atoms with Gasteiger partial charge in [0.1, 0.15) is 0 Å². The number of hydrogen-bond acceptors (Lipinski definition) is 4. The molecule has 7 nitrogen and oxygen atoms in total. The van der Waals surface area contributed by atoms with Crippen molar-refractivity contribution in [3.8, 4) is 11.8 Å². The molecular weight excluding hydrogens is 314 g/mol. The number of hydrogen-bond donors (Lipinski definition) is 3. The van der Waals surface area contributed by atoms with Crippen LogP contribution in [0.3, 0.4) is 0 Å². The van der Waals surface area contributed by atoms with Gasteiger partial charge < -0.3 is 15.3 Å². The van der Waals surface area contributed by atoms with Gasteiger partial charge in [0, 0.05) is 6.42 Å². The third-order valence-electron chi connectivity index (χ3n) is 4.36. The number of carboxylic acids is 3. The maximum absolute atomic E-state index is 11.7. The molecule has 1 atom stereocenters. The molecule has 0 aromatic heterocycles. The van der Waals surface area contributed by atoms with Gasteiger partial charge in [0.05, 0.1) is 12.5 Å². The topological polar surface area (TPSA) is 115 Å². The van der Waals surface area contributed by atoms with Gasteiger partial charge in [-0.3, -0.25) is 19.3 Å². The second-order valence-electron chi connectivity index (χ2n) is 6.62. The van der Waals surface area contributed by atoms with Gasteiger partial charge in [0.15, 0.2) is 5.41 Å². The lowest BCUT2D eigenvalue weighted by molar-refractivity contribution is -0.176. The lowest BCUT2D eigenvalue weighted by Crippen LogP contribution is -2.49. The average Bonchev–Trinajstić information content (AvgIpc) is 2.97. The molecule has 1 heterocycles. The molecule has 0 saturated carbocycles. The maximum Gasteiger partial charge on any atom is 0.322 e. The highest BCUT2D eigenvalue weighted by Crippen LogP contribution is 2.37. The van der Waals surface area contributed by atoms with Crippen LogP contribution >= 0.6 is 0 Å². The number of nitrogens with zero attached hydrogens (tertiary/aromatic N) is 1. The molecule has 0 aromatic carbocycles. The fraction of sp³-hybridized carbons (Fsp3) is 0.706. The number of rotatable bonds is 8. The minimum absolute atomic E-state index is 0.0399. The molecule has 0 aromatic rings. The molecule has 134 valence electrons. The van der Waals surface area contributed by atoms with Gasteiger partial charge >= 0.3 is 17.9 Å². The molecule has 0 aliphatic carbocycles. The SMILES string of the molecule is CC(C)CC(C(=O)O)C(CC#CCN1CCCC1)(C(=O)O)C(=O)O. The summed E-state index contributed by atoms with van der Waals surface area (Å²) in [5, 5.41) is 28.4. The van der Waals surface area contributed by atoms with Crippen molar-refractivity contribution in [2.75, 3.05) is 19.6 Å². The van der Waals surface area contributed by atoms with Gasteiger partial charge in [-0.05, 0) is 38.3 Å². The van der Waals surface area contributed by atoms with E-state index in [1.165, 1.54) is 0 Å². The summed E-state index contributed by atoms with van der Waals surface area (Å²) >= 11 is 0. The molecule has 1 rings (SSSR count). The van der Waals surface area contributed by atoms with Crippen LogP contribution in [-0.4, -0.2) is 57.8 Å². The number of carbonyl (C=O) groups is 3. The second-order valence-corrected chi connectivity index (χ2v) is 6.62. The maximum atomic E-state index is 11.7. The highest BCUT2D eigenvalue weighted by molar-refractivity contribution is 6.02. The standard InChI is InChI=1S/C17H25NO6/c1-12(2)11-13(14(19)20)17(15(21)22,16(23)24)7-3-4-8-18-9-5-6-10-18/h12-13H,5-11H2,1-2H3,(H,19,20)(H,21,22)(H,23,24). The summed E-state index contributed by atoms with van der Waals surface area (Å²) in [6.07, 6.45) is 1.62. The Morgan fingerprint density at radius 2 is 1.58 bits per heavy atom.